The molecule has 0 aliphatic carbocycles. The Morgan fingerprint density at radius 1 is 1.29 bits per heavy atom. The highest BCUT2D eigenvalue weighted by Gasteiger charge is 2.22. The smallest absolute Gasteiger partial charge is 0.255 e. The van der Waals surface area contributed by atoms with E-state index in [9.17, 15) is 9.59 Å². The molecule has 0 bridgehead atoms. The van der Waals surface area contributed by atoms with Crippen LogP contribution in [0.4, 0.5) is 5.69 Å². The predicted molar refractivity (Wildman–Crippen MR) is 85.7 cm³/mol. The summed E-state index contributed by atoms with van der Waals surface area (Å²) < 4.78 is 0. The number of para-hydroxylation sites is 1. The highest BCUT2D eigenvalue weighted by atomic mass is 35.5. The van der Waals surface area contributed by atoms with Crippen LogP contribution in [0.1, 0.15) is 30.1 Å². The Bertz CT molecular complexity index is 501. The van der Waals surface area contributed by atoms with E-state index >= 15 is 0 Å². The monoisotopic (exact) mass is 311 g/mol. The quantitative estimate of drug-likeness (QED) is 0.891. The fourth-order valence-electron chi connectivity index (χ4n) is 2.23. The van der Waals surface area contributed by atoms with Crippen LogP contribution in [0.2, 0.25) is 0 Å². The Kier molecular flexibility index (Phi) is 6.65. The third-order valence-corrected chi connectivity index (χ3v) is 3.61. The summed E-state index contributed by atoms with van der Waals surface area (Å²) in [6, 6.07) is 7.13. The maximum Gasteiger partial charge on any atom is 0.255 e. The van der Waals surface area contributed by atoms with Gasteiger partial charge in [-0.05, 0) is 25.0 Å². The van der Waals surface area contributed by atoms with Crippen LogP contribution in [0, 0.1) is 5.92 Å². The SMILES string of the molecule is CC(CN)C(=O)Nc1ccccc1C(=O)N1CCCC1.Cl. The fourth-order valence-corrected chi connectivity index (χ4v) is 2.23. The van der Waals surface area contributed by atoms with Gasteiger partial charge in [-0.25, -0.2) is 0 Å². The van der Waals surface area contributed by atoms with Gasteiger partial charge in [0, 0.05) is 25.6 Å². The van der Waals surface area contributed by atoms with Crippen molar-refractivity contribution in [1.82, 2.24) is 4.90 Å². The van der Waals surface area contributed by atoms with Gasteiger partial charge in [0.25, 0.3) is 5.91 Å². The van der Waals surface area contributed by atoms with Gasteiger partial charge in [-0.1, -0.05) is 19.1 Å². The Balaban J connectivity index is 0.00000220. The van der Waals surface area contributed by atoms with Gasteiger partial charge >= 0.3 is 0 Å². The second-order valence-electron chi connectivity index (χ2n) is 5.17. The Morgan fingerprint density at radius 2 is 1.90 bits per heavy atom. The van der Waals surface area contributed by atoms with Crippen molar-refractivity contribution in [1.29, 1.82) is 0 Å². The summed E-state index contributed by atoms with van der Waals surface area (Å²) >= 11 is 0. The van der Waals surface area contributed by atoms with E-state index in [1.807, 2.05) is 17.0 Å². The van der Waals surface area contributed by atoms with Gasteiger partial charge in [0.1, 0.15) is 0 Å². The molecule has 0 aromatic heterocycles. The zero-order valence-corrected chi connectivity index (χ0v) is 13.0. The van der Waals surface area contributed by atoms with Crippen molar-refractivity contribution in [3.8, 4) is 0 Å². The van der Waals surface area contributed by atoms with Crippen LogP contribution in [-0.2, 0) is 4.79 Å². The molecule has 1 heterocycles. The van der Waals surface area contributed by atoms with Gasteiger partial charge < -0.3 is 16.0 Å². The van der Waals surface area contributed by atoms with Crippen molar-refractivity contribution in [2.45, 2.75) is 19.8 Å². The molecule has 21 heavy (non-hydrogen) atoms. The van der Waals surface area contributed by atoms with Gasteiger partial charge in [0.2, 0.25) is 5.91 Å². The lowest BCUT2D eigenvalue weighted by Crippen LogP contribution is -2.30. The van der Waals surface area contributed by atoms with E-state index in [4.69, 9.17) is 5.73 Å². The molecule has 1 unspecified atom stereocenters. The number of halogens is 1. The minimum Gasteiger partial charge on any atom is -0.339 e. The molecular formula is C15H22ClN3O2. The number of nitrogens with two attached hydrogens (primary N) is 1. The van der Waals surface area contributed by atoms with Crippen molar-refractivity contribution >= 4 is 29.9 Å². The molecule has 1 aromatic rings. The number of amides is 2. The topological polar surface area (TPSA) is 75.4 Å². The van der Waals surface area contributed by atoms with Gasteiger partial charge in [-0.3, -0.25) is 9.59 Å². The number of nitrogens with zero attached hydrogens (tertiary/aromatic N) is 1. The van der Waals surface area contributed by atoms with Crippen LogP contribution < -0.4 is 11.1 Å². The number of carbonyl (C=O) groups excluding carboxylic acids is 2. The van der Waals surface area contributed by atoms with Crippen LogP contribution in [0.15, 0.2) is 24.3 Å². The third-order valence-electron chi connectivity index (χ3n) is 3.61. The maximum atomic E-state index is 12.4. The fraction of sp³-hybridized carbons (Fsp3) is 0.467. The van der Waals surface area contributed by atoms with Crippen molar-refractivity contribution < 1.29 is 9.59 Å². The lowest BCUT2D eigenvalue weighted by molar-refractivity contribution is -0.119. The zero-order chi connectivity index (χ0) is 14.5. The van der Waals surface area contributed by atoms with Crippen LogP contribution in [0.25, 0.3) is 0 Å². The van der Waals surface area contributed by atoms with E-state index in [-0.39, 0.29) is 36.7 Å². The molecule has 0 saturated carbocycles. The summed E-state index contributed by atoms with van der Waals surface area (Å²) in [5, 5.41) is 2.80. The molecule has 1 aliphatic heterocycles. The number of likely N-dealkylation sites (tertiary alicyclic amines) is 1. The zero-order valence-electron chi connectivity index (χ0n) is 12.2. The standard InChI is InChI=1S/C15H21N3O2.ClH/c1-11(10-16)14(19)17-13-7-3-2-6-12(13)15(20)18-8-4-5-9-18;/h2-3,6-7,11H,4-5,8-10,16H2,1H3,(H,17,19);1H. The first kappa shape index (κ1) is 17.5. The number of carbonyl (C=O) groups is 2. The van der Waals surface area contributed by atoms with E-state index in [2.05, 4.69) is 5.32 Å². The van der Waals surface area contributed by atoms with E-state index in [1.54, 1.807) is 19.1 Å². The molecule has 3 N–H and O–H groups in total. The summed E-state index contributed by atoms with van der Waals surface area (Å²) in [5.41, 5.74) is 6.60. The molecule has 1 aliphatic rings. The summed E-state index contributed by atoms with van der Waals surface area (Å²) in [6.45, 7) is 3.63. The number of benzene rings is 1. The van der Waals surface area contributed by atoms with Crippen molar-refractivity contribution in [2.24, 2.45) is 11.7 Å². The van der Waals surface area contributed by atoms with Gasteiger partial charge in [-0.15, -0.1) is 12.4 Å². The molecule has 1 saturated heterocycles. The average molecular weight is 312 g/mol. The van der Waals surface area contributed by atoms with E-state index in [0.717, 1.165) is 25.9 Å². The van der Waals surface area contributed by atoms with Gasteiger partial charge in [-0.2, -0.15) is 0 Å². The average Bonchev–Trinajstić information content (AvgIpc) is 3.00. The number of nitrogens with one attached hydrogen (secondary N) is 1. The van der Waals surface area contributed by atoms with E-state index < -0.39 is 0 Å². The molecular weight excluding hydrogens is 290 g/mol. The van der Waals surface area contributed by atoms with Crippen LogP contribution >= 0.6 is 12.4 Å². The normalized spacial score (nSPS) is 15.2. The van der Waals surface area contributed by atoms with Crippen LogP contribution in [-0.4, -0.2) is 36.3 Å². The number of hydrogen-bond donors (Lipinski definition) is 2. The summed E-state index contributed by atoms with van der Waals surface area (Å²) in [6.07, 6.45) is 2.09. The minimum atomic E-state index is -0.273. The molecule has 6 heteroatoms. The maximum absolute atomic E-state index is 12.4. The molecule has 2 amide bonds. The number of hydrogen-bond acceptors (Lipinski definition) is 3. The Labute approximate surface area is 131 Å². The lowest BCUT2D eigenvalue weighted by atomic mass is 10.1. The Hall–Kier alpha value is -1.59. The first-order valence-corrected chi connectivity index (χ1v) is 7.02. The van der Waals surface area contributed by atoms with E-state index in [1.165, 1.54) is 0 Å². The molecule has 2 rings (SSSR count). The Morgan fingerprint density at radius 3 is 2.52 bits per heavy atom. The second kappa shape index (κ2) is 8.00. The van der Waals surface area contributed by atoms with Crippen molar-refractivity contribution in [2.75, 3.05) is 25.0 Å². The molecule has 5 nitrogen and oxygen atoms in total. The highest BCUT2D eigenvalue weighted by Crippen LogP contribution is 2.20. The highest BCUT2D eigenvalue weighted by molar-refractivity contribution is 6.04. The summed E-state index contributed by atoms with van der Waals surface area (Å²) in [5.74, 6) is -0.446. The largest absolute Gasteiger partial charge is 0.339 e. The van der Waals surface area contributed by atoms with E-state index in [0.29, 0.717) is 11.3 Å². The first-order valence-electron chi connectivity index (χ1n) is 7.02. The van der Waals surface area contributed by atoms with Crippen LogP contribution in [0.3, 0.4) is 0 Å². The summed E-state index contributed by atoms with van der Waals surface area (Å²) in [7, 11) is 0. The van der Waals surface area contributed by atoms with Crippen LogP contribution in [0.5, 0.6) is 0 Å². The number of rotatable bonds is 4. The second-order valence-corrected chi connectivity index (χ2v) is 5.17. The third kappa shape index (κ3) is 4.19. The molecule has 0 radical (unpaired) electrons. The molecule has 1 fully saturated rings. The van der Waals surface area contributed by atoms with Crippen molar-refractivity contribution in [3.63, 3.8) is 0 Å². The minimum absolute atomic E-state index is 0. The lowest BCUT2D eigenvalue weighted by Gasteiger charge is -2.18. The molecule has 116 valence electrons. The summed E-state index contributed by atoms with van der Waals surface area (Å²) in [4.78, 5) is 26.2. The van der Waals surface area contributed by atoms with Crippen molar-refractivity contribution in [3.05, 3.63) is 29.8 Å². The number of anilines is 1. The molecule has 1 aromatic carbocycles. The predicted octanol–water partition coefficient (Wildman–Crippen LogP) is 1.88. The molecule has 0 spiro atoms. The van der Waals surface area contributed by atoms with Gasteiger partial charge in [0.15, 0.2) is 0 Å². The van der Waals surface area contributed by atoms with Gasteiger partial charge in [0.05, 0.1) is 11.3 Å². The molecule has 1 atom stereocenters. The first-order chi connectivity index (χ1) is 9.63.